The normalized spacial score (nSPS) is 12.8. The lowest BCUT2D eigenvalue weighted by atomic mass is 10.3. The van der Waals surface area contributed by atoms with Crippen molar-refractivity contribution < 1.29 is 14.3 Å². The van der Waals surface area contributed by atoms with Gasteiger partial charge in [-0.2, -0.15) is 0 Å². The molecule has 0 aliphatic carbocycles. The van der Waals surface area contributed by atoms with Gasteiger partial charge in [0.1, 0.15) is 11.1 Å². The SMILES string of the molecule is CC[C@@H](Sc1nc2ccc(F)cc2[nH]1)C(=O)O. The highest BCUT2D eigenvalue weighted by atomic mass is 32.2. The van der Waals surface area contributed by atoms with Gasteiger partial charge in [0.25, 0.3) is 0 Å². The van der Waals surface area contributed by atoms with Crippen molar-refractivity contribution in [3.05, 3.63) is 24.0 Å². The van der Waals surface area contributed by atoms with Crippen molar-refractivity contribution in [1.29, 1.82) is 0 Å². The summed E-state index contributed by atoms with van der Waals surface area (Å²) in [6.07, 6.45) is 0.505. The molecule has 0 aliphatic heterocycles. The second kappa shape index (κ2) is 4.75. The number of H-pyrrole nitrogens is 1. The van der Waals surface area contributed by atoms with E-state index in [4.69, 9.17) is 5.11 Å². The average molecular weight is 254 g/mol. The number of imidazole rings is 1. The number of aromatic nitrogens is 2. The zero-order valence-electron chi connectivity index (χ0n) is 9.11. The number of nitrogens with zero attached hydrogens (tertiary/aromatic N) is 1. The third kappa shape index (κ3) is 2.58. The topological polar surface area (TPSA) is 66.0 Å². The molecule has 1 aromatic carbocycles. The van der Waals surface area contributed by atoms with Crippen molar-refractivity contribution in [2.75, 3.05) is 0 Å². The van der Waals surface area contributed by atoms with Gasteiger partial charge in [-0.15, -0.1) is 0 Å². The van der Waals surface area contributed by atoms with E-state index in [0.29, 0.717) is 22.6 Å². The van der Waals surface area contributed by atoms with Crippen molar-refractivity contribution in [3.63, 3.8) is 0 Å². The van der Waals surface area contributed by atoms with Crippen LogP contribution in [0.2, 0.25) is 0 Å². The molecule has 0 unspecified atom stereocenters. The zero-order chi connectivity index (χ0) is 12.4. The van der Waals surface area contributed by atoms with Gasteiger partial charge in [0.15, 0.2) is 5.16 Å². The van der Waals surface area contributed by atoms with Gasteiger partial charge in [0.05, 0.1) is 11.0 Å². The van der Waals surface area contributed by atoms with E-state index < -0.39 is 11.2 Å². The number of thioether (sulfide) groups is 1. The first kappa shape index (κ1) is 11.9. The number of halogens is 1. The first-order valence-electron chi connectivity index (χ1n) is 5.15. The maximum atomic E-state index is 13.0. The van der Waals surface area contributed by atoms with Gasteiger partial charge >= 0.3 is 5.97 Å². The summed E-state index contributed by atoms with van der Waals surface area (Å²) in [5.41, 5.74) is 1.21. The molecule has 90 valence electrons. The van der Waals surface area contributed by atoms with Crippen molar-refractivity contribution in [1.82, 2.24) is 9.97 Å². The molecule has 2 rings (SSSR count). The Kier molecular flexibility index (Phi) is 3.33. The Balaban J connectivity index is 2.27. The van der Waals surface area contributed by atoms with E-state index in [1.54, 1.807) is 13.0 Å². The molecule has 1 aromatic heterocycles. The number of fused-ring (bicyclic) bond motifs is 1. The van der Waals surface area contributed by atoms with E-state index in [0.717, 1.165) is 11.8 Å². The molecule has 0 aliphatic rings. The standard InChI is InChI=1S/C11H11FN2O2S/c1-2-9(10(15)16)17-11-13-7-4-3-6(12)5-8(7)14-11/h3-5,9H,2H2,1H3,(H,13,14)(H,15,16)/t9-/m1/s1. The predicted molar refractivity (Wildman–Crippen MR) is 63.6 cm³/mol. The summed E-state index contributed by atoms with van der Waals surface area (Å²) in [4.78, 5) is 18.0. The zero-order valence-corrected chi connectivity index (χ0v) is 9.92. The Labute approximate surface area is 101 Å². The van der Waals surface area contributed by atoms with E-state index in [1.165, 1.54) is 12.1 Å². The summed E-state index contributed by atoms with van der Waals surface area (Å²) < 4.78 is 13.0. The van der Waals surface area contributed by atoms with Gasteiger partial charge in [-0.1, -0.05) is 18.7 Å². The van der Waals surface area contributed by atoms with Crippen LogP contribution in [0.15, 0.2) is 23.4 Å². The van der Waals surface area contributed by atoms with Crippen LogP contribution in [0, 0.1) is 5.82 Å². The van der Waals surface area contributed by atoms with E-state index in [-0.39, 0.29) is 5.82 Å². The molecule has 0 radical (unpaired) electrons. The Hall–Kier alpha value is -1.56. The Morgan fingerprint density at radius 2 is 2.41 bits per heavy atom. The molecule has 0 fully saturated rings. The molecule has 2 N–H and O–H groups in total. The molecule has 0 amide bonds. The van der Waals surface area contributed by atoms with Crippen LogP contribution < -0.4 is 0 Å². The molecule has 1 atom stereocenters. The molecule has 0 saturated heterocycles. The largest absolute Gasteiger partial charge is 0.480 e. The Morgan fingerprint density at radius 1 is 1.65 bits per heavy atom. The third-order valence-electron chi connectivity index (χ3n) is 2.32. The molecule has 0 spiro atoms. The van der Waals surface area contributed by atoms with Gasteiger partial charge in [0, 0.05) is 0 Å². The lowest BCUT2D eigenvalue weighted by Gasteiger charge is -2.05. The molecule has 17 heavy (non-hydrogen) atoms. The maximum Gasteiger partial charge on any atom is 0.317 e. The summed E-state index contributed by atoms with van der Waals surface area (Å²) in [5, 5.41) is 8.89. The first-order valence-corrected chi connectivity index (χ1v) is 6.03. The second-order valence-corrected chi connectivity index (χ2v) is 4.75. The lowest BCUT2D eigenvalue weighted by Crippen LogP contribution is -2.14. The number of carbonyl (C=O) groups is 1. The number of aliphatic carboxylic acids is 1. The van der Waals surface area contributed by atoms with Crippen LogP contribution in [0.4, 0.5) is 4.39 Å². The fraction of sp³-hybridized carbons (Fsp3) is 0.273. The molecule has 0 saturated carbocycles. The number of benzene rings is 1. The van der Waals surface area contributed by atoms with E-state index >= 15 is 0 Å². The fourth-order valence-corrected chi connectivity index (χ4v) is 2.31. The highest BCUT2D eigenvalue weighted by Crippen LogP contribution is 2.25. The molecular weight excluding hydrogens is 243 g/mol. The van der Waals surface area contributed by atoms with Crippen LogP contribution in [0.3, 0.4) is 0 Å². The second-order valence-electron chi connectivity index (χ2n) is 3.56. The van der Waals surface area contributed by atoms with Gasteiger partial charge in [-0.05, 0) is 24.6 Å². The molecular formula is C11H11FN2O2S. The highest BCUT2D eigenvalue weighted by molar-refractivity contribution is 8.00. The number of hydrogen-bond donors (Lipinski definition) is 2. The monoisotopic (exact) mass is 254 g/mol. The summed E-state index contributed by atoms with van der Waals surface area (Å²) in [6.45, 7) is 1.80. The molecule has 2 aromatic rings. The predicted octanol–water partition coefficient (Wildman–Crippen LogP) is 2.66. The van der Waals surface area contributed by atoms with Crippen LogP contribution in [0.5, 0.6) is 0 Å². The third-order valence-corrected chi connectivity index (χ3v) is 3.56. The van der Waals surface area contributed by atoms with Crippen LogP contribution in [-0.4, -0.2) is 26.3 Å². The van der Waals surface area contributed by atoms with Gasteiger partial charge in [0.2, 0.25) is 0 Å². The van der Waals surface area contributed by atoms with Gasteiger partial charge < -0.3 is 10.1 Å². The van der Waals surface area contributed by atoms with Gasteiger partial charge in [-0.3, -0.25) is 4.79 Å². The summed E-state index contributed by atoms with van der Waals surface area (Å²) in [6, 6.07) is 4.23. The van der Waals surface area contributed by atoms with Crippen LogP contribution >= 0.6 is 11.8 Å². The van der Waals surface area contributed by atoms with Crippen molar-refractivity contribution in [2.45, 2.75) is 23.8 Å². The maximum absolute atomic E-state index is 13.0. The van der Waals surface area contributed by atoms with E-state index in [1.807, 2.05) is 0 Å². The van der Waals surface area contributed by atoms with Crippen LogP contribution in [0.25, 0.3) is 11.0 Å². The van der Waals surface area contributed by atoms with E-state index in [9.17, 15) is 9.18 Å². The number of carboxylic acid groups (broad SMARTS) is 1. The molecule has 4 nitrogen and oxygen atoms in total. The minimum atomic E-state index is -0.871. The molecule has 0 bridgehead atoms. The van der Waals surface area contributed by atoms with Gasteiger partial charge in [-0.25, -0.2) is 9.37 Å². The quantitative estimate of drug-likeness (QED) is 0.823. The average Bonchev–Trinajstić information content (AvgIpc) is 2.66. The number of nitrogens with one attached hydrogen (secondary N) is 1. The first-order chi connectivity index (χ1) is 8.10. The minimum Gasteiger partial charge on any atom is -0.480 e. The summed E-state index contributed by atoms with van der Waals surface area (Å²) in [5.74, 6) is -1.22. The Morgan fingerprint density at radius 3 is 3.06 bits per heavy atom. The number of rotatable bonds is 4. The van der Waals surface area contributed by atoms with Crippen molar-refractivity contribution in [3.8, 4) is 0 Å². The number of hydrogen-bond acceptors (Lipinski definition) is 3. The highest BCUT2D eigenvalue weighted by Gasteiger charge is 2.18. The minimum absolute atomic E-state index is 0.344. The Bertz CT molecular complexity index is 555. The van der Waals surface area contributed by atoms with Crippen molar-refractivity contribution >= 4 is 28.8 Å². The van der Waals surface area contributed by atoms with E-state index in [2.05, 4.69) is 9.97 Å². The fourth-order valence-electron chi connectivity index (χ4n) is 1.46. The van der Waals surface area contributed by atoms with Crippen LogP contribution in [0.1, 0.15) is 13.3 Å². The van der Waals surface area contributed by atoms with Crippen molar-refractivity contribution in [2.24, 2.45) is 0 Å². The van der Waals surface area contributed by atoms with Crippen LogP contribution in [-0.2, 0) is 4.79 Å². The summed E-state index contributed by atoms with van der Waals surface area (Å²) >= 11 is 1.14. The smallest absolute Gasteiger partial charge is 0.317 e. The molecule has 1 heterocycles. The lowest BCUT2D eigenvalue weighted by molar-refractivity contribution is -0.136. The molecule has 6 heteroatoms. The summed E-state index contributed by atoms with van der Waals surface area (Å²) in [7, 11) is 0. The number of carboxylic acids is 1. The number of aromatic amines is 1.